The van der Waals surface area contributed by atoms with Crippen LogP contribution in [0.2, 0.25) is 0 Å². The third kappa shape index (κ3) is 8.77. The predicted octanol–water partition coefficient (Wildman–Crippen LogP) is -0.282. The van der Waals surface area contributed by atoms with Crippen molar-refractivity contribution in [2.24, 2.45) is 0 Å². The molecule has 0 aliphatic heterocycles. The molecular formula is C10H23NO4. The first-order chi connectivity index (χ1) is 7.24. The Hall–Kier alpha value is -0.200. The van der Waals surface area contributed by atoms with Gasteiger partial charge in [0.05, 0.1) is 12.7 Å². The lowest BCUT2D eigenvalue weighted by Crippen LogP contribution is -2.32. The second kappa shape index (κ2) is 10.3. The van der Waals surface area contributed by atoms with E-state index >= 15 is 0 Å². The summed E-state index contributed by atoms with van der Waals surface area (Å²) in [6.45, 7) is 5.98. The minimum Gasteiger partial charge on any atom is -0.394 e. The largest absolute Gasteiger partial charge is 0.394 e. The first-order valence-corrected chi connectivity index (χ1v) is 5.47. The fraction of sp³-hybridized carbons (Fsp3) is 1.00. The van der Waals surface area contributed by atoms with E-state index in [0.29, 0.717) is 26.3 Å². The predicted molar refractivity (Wildman–Crippen MR) is 57.6 cm³/mol. The molecule has 5 nitrogen and oxygen atoms in total. The fourth-order valence-electron chi connectivity index (χ4n) is 1.14. The van der Waals surface area contributed by atoms with Crippen LogP contribution in [-0.2, 0) is 9.47 Å². The molecule has 0 radical (unpaired) electrons. The molecule has 0 saturated heterocycles. The van der Waals surface area contributed by atoms with Gasteiger partial charge < -0.3 is 25.0 Å². The molecule has 0 spiro atoms. The van der Waals surface area contributed by atoms with E-state index in [1.807, 2.05) is 13.8 Å². The number of hydrogen-bond donors (Lipinski definition) is 3. The molecule has 92 valence electrons. The van der Waals surface area contributed by atoms with Crippen molar-refractivity contribution in [2.75, 3.05) is 32.9 Å². The molecule has 0 saturated carbocycles. The number of aliphatic hydroxyl groups is 2. The number of nitrogens with one attached hydrogen (secondary N) is 1. The van der Waals surface area contributed by atoms with Crippen LogP contribution in [0.15, 0.2) is 0 Å². The molecule has 0 fully saturated rings. The molecule has 0 aromatic carbocycles. The summed E-state index contributed by atoms with van der Waals surface area (Å²) in [4.78, 5) is 0. The smallest absolute Gasteiger partial charge is 0.158 e. The second-order valence-corrected chi connectivity index (χ2v) is 3.17. The Morgan fingerprint density at radius 2 is 1.80 bits per heavy atom. The monoisotopic (exact) mass is 221 g/mol. The molecule has 1 unspecified atom stereocenters. The first kappa shape index (κ1) is 14.8. The summed E-state index contributed by atoms with van der Waals surface area (Å²) < 4.78 is 10.7. The van der Waals surface area contributed by atoms with Gasteiger partial charge in [0.15, 0.2) is 6.29 Å². The lowest BCUT2D eigenvalue weighted by Gasteiger charge is -2.17. The summed E-state index contributed by atoms with van der Waals surface area (Å²) >= 11 is 0. The molecule has 3 N–H and O–H groups in total. The van der Waals surface area contributed by atoms with Crippen molar-refractivity contribution in [3.8, 4) is 0 Å². The highest BCUT2D eigenvalue weighted by atomic mass is 16.7. The van der Waals surface area contributed by atoms with Gasteiger partial charge in [0.1, 0.15) is 0 Å². The molecule has 0 rings (SSSR count). The maximum atomic E-state index is 9.05. The Morgan fingerprint density at radius 3 is 2.27 bits per heavy atom. The molecule has 0 amide bonds. The SMILES string of the molecule is CCOC(CCNCC(O)CO)OCC. The molecule has 0 bridgehead atoms. The van der Waals surface area contributed by atoms with Crippen molar-refractivity contribution in [3.05, 3.63) is 0 Å². The lowest BCUT2D eigenvalue weighted by atomic mass is 10.3. The van der Waals surface area contributed by atoms with E-state index in [0.717, 1.165) is 6.42 Å². The van der Waals surface area contributed by atoms with Crippen molar-refractivity contribution >= 4 is 0 Å². The molecular weight excluding hydrogens is 198 g/mol. The zero-order valence-corrected chi connectivity index (χ0v) is 9.61. The van der Waals surface area contributed by atoms with Crippen LogP contribution in [0.4, 0.5) is 0 Å². The highest BCUT2D eigenvalue weighted by Crippen LogP contribution is 1.99. The lowest BCUT2D eigenvalue weighted by molar-refractivity contribution is -0.138. The molecule has 15 heavy (non-hydrogen) atoms. The minimum atomic E-state index is -0.692. The molecule has 1 atom stereocenters. The van der Waals surface area contributed by atoms with E-state index in [2.05, 4.69) is 5.32 Å². The zero-order chi connectivity index (χ0) is 11.5. The number of rotatable bonds is 10. The Balaban J connectivity index is 3.43. The molecule has 0 aromatic rings. The van der Waals surface area contributed by atoms with Gasteiger partial charge in [0.2, 0.25) is 0 Å². The number of ether oxygens (including phenoxy) is 2. The maximum absolute atomic E-state index is 9.05. The van der Waals surface area contributed by atoms with Crippen molar-refractivity contribution in [1.29, 1.82) is 0 Å². The van der Waals surface area contributed by atoms with Crippen molar-refractivity contribution in [3.63, 3.8) is 0 Å². The van der Waals surface area contributed by atoms with Crippen LogP contribution in [0, 0.1) is 0 Å². The van der Waals surface area contributed by atoms with Crippen molar-refractivity contribution in [1.82, 2.24) is 5.32 Å². The van der Waals surface area contributed by atoms with Crippen LogP contribution in [0.25, 0.3) is 0 Å². The van der Waals surface area contributed by atoms with Gasteiger partial charge in [0, 0.05) is 32.7 Å². The van der Waals surface area contributed by atoms with Gasteiger partial charge in [-0.2, -0.15) is 0 Å². The van der Waals surface area contributed by atoms with E-state index < -0.39 is 6.10 Å². The van der Waals surface area contributed by atoms with E-state index in [4.69, 9.17) is 19.7 Å². The van der Waals surface area contributed by atoms with Gasteiger partial charge in [-0.05, 0) is 13.8 Å². The Kier molecular flexibility index (Phi) is 10.2. The quantitative estimate of drug-likeness (QED) is 0.349. The summed E-state index contributed by atoms with van der Waals surface area (Å²) in [6, 6.07) is 0. The summed E-state index contributed by atoms with van der Waals surface area (Å²) in [5, 5.41) is 20.6. The van der Waals surface area contributed by atoms with Crippen LogP contribution in [0.3, 0.4) is 0 Å². The van der Waals surface area contributed by atoms with Gasteiger partial charge >= 0.3 is 0 Å². The number of hydrogen-bond acceptors (Lipinski definition) is 5. The van der Waals surface area contributed by atoms with Gasteiger partial charge in [-0.15, -0.1) is 0 Å². The summed E-state index contributed by atoms with van der Waals surface area (Å²) in [7, 11) is 0. The molecule has 0 heterocycles. The van der Waals surface area contributed by atoms with E-state index in [-0.39, 0.29) is 12.9 Å². The molecule has 5 heteroatoms. The van der Waals surface area contributed by atoms with Crippen LogP contribution in [0.1, 0.15) is 20.3 Å². The van der Waals surface area contributed by atoms with Gasteiger partial charge in [-0.3, -0.25) is 0 Å². The van der Waals surface area contributed by atoms with Crippen LogP contribution in [-0.4, -0.2) is 55.5 Å². The standard InChI is InChI=1S/C10H23NO4/c1-3-14-10(15-4-2)5-6-11-7-9(13)8-12/h9-13H,3-8H2,1-2H3. The average molecular weight is 221 g/mol. The van der Waals surface area contributed by atoms with Gasteiger partial charge in [-0.1, -0.05) is 0 Å². The van der Waals surface area contributed by atoms with Gasteiger partial charge in [0.25, 0.3) is 0 Å². The van der Waals surface area contributed by atoms with Crippen molar-refractivity contribution < 1.29 is 19.7 Å². The van der Waals surface area contributed by atoms with E-state index in [1.54, 1.807) is 0 Å². The van der Waals surface area contributed by atoms with E-state index in [1.165, 1.54) is 0 Å². The topological polar surface area (TPSA) is 71.0 Å². The fourth-order valence-corrected chi connectivity index (χ4v) is 1.14. The molecule has 0 aliphatic rings. The minimum absolute atomic E-state index is 0.182. The summed E-state index contributed by atoms with van der Waals surface area (Å²) in [5.41, 5.74) is 0. The van der Waals surface area contributed by atoms with Crippen molar-refractivity contribution in [2.45, 2.75) is 32.7 Å². The zero-order valence-electron chi connectivity index (χ0n) is 9.61. The second-order valence-electron chi connectivity index (χ2n) is 3.17. The Morgan fingerprint density at radius 1 is 1.20 bits per heavy atom. The summed E-state index contributed by atoms with van der Waals surface area (Å²) in [5.74, 6) is 0. The third-order valence-electron chi connectivity index (χ3n) is 1.85. The molecule has 0 aliphatic carbocycles. The van der Waals surface area contributed by atoms with Gasteiger partial charge in [-0.25, -0.2) is 0 Å². The van der Waals surface area contributed by atoms with Crippen LogP contribution >= 0.6 is 0 Å². The maximum Gasteiger partial charge on any atom is 0.158 e. The normalized spacial score (nSPS) is 13.4. The number of aliphatic hydroxyl groups excluding tert-OH is 2. The Bertz CT molecular complexity index is 129. The van der Waals surface area contributed by atoms with E-state index in [9.17, 15) is 0 Å². The highest BCUT2D eigenvalue weighted by Gasteiger charge is 2.07. The first-order valence-electron chi connectivity index (χ1n) is 5.47. The molecule has 0 aromatic heterocycles. The van der Waals surface area contributed by atoms with Crippen LogP contribution in [0.5, 0.6) is 0 Å². The third-order valence-corrected chi connectivity index (χ3v) is 1.85. The summed E-state index contributed by atoms with van der Waals surface area (Å²) in [6.07, 6.45) is -0.138. The average Bonchev–Trinajstić information content (AvgIpc) is 2.24. The van der Waals surface area contributed by atoms with Crippen LogP contribution < -0.4 is 5.32 Å². The Labute approximate surface area is 91.4 Å². The highest BCUT2D eigenvalue weighted by molar-refractivity contribution is 4.58.